The van der Waals surface area contributed by atoms with Crippen LogP contribution in [0.2, 0.25) is 5.02 Å². The van der Waals surface area contributed by atoms with Gasteiger partial charge in [0, 0.05) is 29.8 Å². The maximum absolute atomic E-state index is 12.7. The van der Waals surface area contributed by atoms with E-state index in [1.54, 1.807) is 0 Å². The van der Waals surface area contributed by atoms with Crippen LogP contribution in [0.3, 0.4) is 0 Å². The number of hydrogen-bond donors (Lipinski definition) is 2. The predicted molar refractivity (Wildman–Crippen MR) is 98.7 cm³/mol. The molecular weight excluding hydrogens is 338 g/mol. The second-order valence-electron chi connectivity index (χ2n) is 7.56. The third-order valence-electron chi connectivity index (χ3n) is 6.26. The number of nitrogens with one attached hydrogen (secondary N) is 1. The molecule has 1 unspecified atom stereocenters. The largest absolute Gasteiger partial charge is 0.391 e. The molecular formula is C19H26ClN3O2. The molecule has 3 aliphatic rings. The zero-order valence-corrected chi connectivity index (χ0v) is 15.2. The molecule has 1 aromatic carbocycles. The highest BCUT2D eigenvalue weighted by molar-refractivity contribution is 6.30. The Morgan fingerprint density at radius 2 is 1.80 bits per heavy atom. The lowest BCUT2D eigenvalue weighted by Gasteiger charge is -2.47. The van der Waals surface area contributed by atoms with Crippen molar-refractivity contribution in [2.45, 2.75) is 56.2 Å². The molecule has 4 rings (SSSR count). The number of carbonyl (C=O) groups excluding carboxylic acids is 1. The number of carbonyl (C=O) groups is 1. The molecule has 2 N–H and O–H groups in total. The number of nitrogens with zero attached hydrogens (tertiary/aromatic N) is 2. The summed E-state index contributed by atoms with van der Waals surface area (Å²) in [6, 6.07) is 7.99. The first-order valence-electron chi connectivity index (χ1n) is 9.34. The van der Waals surface area contributed by atoms with Gasteiger partial charge in [0.15, 0.2) is 0 Å². The van der Waals surface area contributed by atoms with Crippen LogP contribution in [-0.4, -0.2) is 53.4 Å². The van der Waals surface area contributed by atoms with Crippen LogP contribution in [0.25, 0.3) is 0 Å². The summed E-state index contributed by atoms with van der Waals surface area (Å²) in [5, 5.41) is 14.1. The molecule has 1 aliphatic carbocycles. The van der Waals surface area contributed by atoms with E-state index < -0.39 is 5.54 Å². The van der Waals surface area contributed by atoms with E-state index in [0.29, 0.717) is 11.7 Å². The lowest BCUT2D eigenvalue weighted by molar-refractivity contribution is -0.125. The van der Waals surface area contributed by atoms with Crippen LogP contribution in [0, 0.1) is 0 Å². The van der Waals surface area contributed by atoms with Crippen molar-refractivity contribution in [2.24, 2.45) is 0 Å². The Bertz CT molecular complexity index is 628. The molecule has 1 saturated carbocycles. The van der Waals surface area contributed by atoms with Crippen molar-refractivity contribution in [2.75, 3.05) is 24.7 Å². The Labute approximate surface area is 153 Å². The van der Waals surface area contributed by atoms with E-state index in [4.69, 9.17) is 11.6 Å². The number of benzene rings is 1. The molecule has 1 spiro atoms. The number of amides is 1. The second-order valence-corrected chi connectivity index (χ2v) is 7.99. The molecule has 136 valence electrons. The Morgan fingerprint density at radius 3 is 2.48 bits per heavy atom. The van der Waals surface area contributed by atoms with Crippen LogP contribution in [-0.2, 0) is 4.79 Å². The van der Waals surface area contributed by atoms with Crippen molar-refractivity contribution in [1.29, 1.82) is 0 Å². The topological polar surface area (TPSA) is 55.8 Å². The maximum atomic E-state index is 12.7. The van der Waals surface area contributed by atoms with E-state index >= 15 is 0 Å². The molecule has 5 nitrogen and oxygen atoms in total. The van der Waals surface area contributed by atoms with Crippen LogP contribution in [0.15, 0.2) is 24.3 Å². The molecule has 6 heteroatoms. The number of halogens is 1. The van der Waals surface area contributed by atoms with E-state index in [0.717, 1.165) is 50.9 Å². The standard InChI is InChI=1S/C19H26ClN3O2/c20-14-5-7-15(8-6-14)23-13-21-18(25)19(23)9-11-22(12-10-19)16-3-1-2-4-17(16)24/h5-8,16-17,24H,1-4,9-13H2,(H,21,25)/t16-,17?/m1/s1. The maximum Gasteiger partial charge on any atom is 0.247 e. The monoisotopic (exact) mass is 363 g/mol. The van der Waals surface area contributed by atoms with Gasteiger partial charge in [0.2, 0.25) is 5.91 Å². The summed E-state index contributed by atoms with van der Waals surface area (Å²) < 4.78 is 0. The van der Waals surface area contributed by atoms with Crippen LogP contribution in [0.1, 0.15) is 38.5 Å². The van der Waals surface area contributed by atoms with Gasteiger partial charge in [-0.15, -0.1) is 0 Å². The molecule has 0 aromatic heterocycles. The van der Waals surface area contributed by atoms with Gasteiger partial charge < -0.3 is 15.3 Å². The van der Waals surface area contributed by atoms with Crippen molar-refractivity contribution < 1.29 is 9.90 Å². The molecule has 3 fully saturated rings. The summed E-state index contributed by atoms with van der Waals surface area (Å²) in [4.78, 5) is 17.3. The highest BCUT2D eigenvalue weighted by Crippen LogP contribution is 2.38. The fourth-order valence-electron chi connectivity index (χ4n) is 4.79. The highest BCUT2D eigenvalue weighted by Gasteiger charge is 2.51. The first kappa shape index (κ1) is 17.1. The van der Waals surface area contributed by atoms with Crippen molar-refractivity contribution in [3.8, 4) is 0 Å². The minimum Gasteiger partial charge on any atom is -0.391 e. The summed E-state index contributed by atoms with van der Waals surface area (Å²) in [5.41, 5.74) is 0.568. The summed E-state index contributed by atoms with van der Waals surface area (Å²) >= 11 is 6.01. The van der Waals surface area contributed by atoms with E-state index in [1.165, 1.54) is 6.42 Å². The summed E-state index contributed by atoms with van der Waals surface area (Å²) in [6.07, 6.45) is 5.68. The number of hydrogen-bond acceptors (Lipinski definition) is 4. The lowest BCUT2D eigenvalue weighted by Crippen LogP contribution is -2.59. The normalized spacial score (nSPS) is 29.8. The van der Waals surface area contributed by atoms with Crippen molar-refractivity contribution in [1.82, 2.24) is 10.2 Å². The number of likely N-dealkylation sites (tertiary alicyclic amines) is 1. The summed E-state index contributed by atoms with van der Waals surface area (Å²) in [6.45, 7) is 2.27. The van der Waals surface area contributed by atoms with Gasteiger partial charge in [-0.2, -0.15) is 0 Å². The number of aliphatic hydroxyl groups is 1. The van der Waals surface area contributed by atoms with Crippen LogP contribution in [0.4, 0.5) is 5.69 Å². The van der Waals surface area contributed by atoms with Gasteiger partial charge in [-0.1, -0.05) is 24.4 Å². The van der Waals surface area contributed by atoms with Crippen molar-refractivity contribution >= 4 is 23.2 Å². The third-order valence-corrected chi connectivity index (χ3v) is 6.52. The van der Waals surface area contributed by atoms with Gasteiger partial charge >= 0.3 is 0 Å². The van der Waals surface area contributed by atoms with Crippen molar-refractivity contribution in [3.05, 3.63) is 29.3 Å². The molecule has 0 radical (unpaired) electrons. The molecule has 2 saturated heterocycles. The smallest absolute Gasteiger partial charge is 0.247 e. The Morgan fingerprint density at radius 1 is 1.12 bits per heavy atom. The SMILES string of the molecule is O=C1NCN(c2ccc(Cl)cc2)C12CCN([C@@H]1CCCCC1O)CC2. The minimum atomic E-state index is -0.468. The molecule has 1 amide bonds. The van der Waals surface area contributed by atoms with Gasteiger partial charge in [0.25, 0.3) is 0 Å². The van der Waals surface area contributed by atoms with Gasteiger partial charge in [-0.05, 0) is 49.9 Å². The summed E-state index contributed by atoms with van der Waals surface area (Å²) in [7, 11) is 0. The fourth-order valence-corrected chi connectivity index (χ4v) is 4.91. The van der Waals surface area contributed by atoms with Crippen molar-refractivity contribution in [3.63, 3.8) is 0 Å². The van der Waals surface area contributed by atoms with Gasteiger partial charge in [-0.25, -0.2) is 0 Å². The number of aliphatic hydroxyl groups excluding tert-OH is 1. The summed E-state index contributed by atoms with van der Waals surface area (Å²) in [5.74, 6) is 0.131. The van der Waals surface area contributed by atoms with Gasteiger partial charge in [0.05, 0.1) is 12.8 Å². The van der Waals surface area contributed by atoms with Crippen LogP contribution in [0.5, 0.6) is 0 Å². The minimum absolute atomic E-state index is 0.131. The molecule has 2 heterocycles. The fraction of sp³-hybridized carbons (Fsp3) is 0.632. The zero-order chi connectivity index (χ0) is 17.4. The second kappa shape index (κ2) is 6.78. The molecule has 25 heavy (non-hydrogen) atoms. The Kier molecular flexibility index (Phi) is 4.65. The Hall–Kier alpha value is -1.30. The third kappa shape index (κ3) is 3.03. The van der Waals surface area contributed by atoms with Gasteiger partial charge in [0.1, 0.15) is 5.54 Å². The number of rotatable bonds is 2. The van der Waals surface area contributed by atoms with E-state index in [-0.39, 0.29) is 18.1 Å². The molecule has 1 aromatic rings. The quantitative estimate of drug-likeness (QED) is 0.847. The average Bonchev–Trinajstić information content (AvgIpc) is 2.94. The first-order chi connectivity index (χ1) is 12.1. The van der Waals surface area contributed by atoms with Crippen LogP contribution < -0.4 is 10.2 Å². The molecule has 0 bridgehead atoms. The lowest BCUT2D eigenvalue weighted by atomic mass is 9.83. The van der Waals surface area contributed by atoms with Gasteiger partial charge in [-0.3, -0.25) is 9.69 Å². The average molecular weight is 364 g/mol. The van der Waals surface area contributed by atoms with E-state index in [9.17, 15) is 9.90 Å². The number of anilines is 1. The molecule has 2 aliphatic heterocycles. The number of piperidine rings is 1. The van der Waals surface area contributed by atoms with E-state index in [1.807, 2.05) is 24.3 Å². The first-order valence-corrected chi connectivity index (χ1v) is 9.72. The predicted octanol–water partition coefficient (Wildman–Crippen LogP) is 2.37. The molecule has 2 atom stereocenters. The Balaban J connectivity index is 1.51. The zero-order valence-electron chi connectivity index (χ0n) is 14.5. The van der Waals surface area contributed by atoms with Crippen LogP contribution >= 0.6 is 11.6 Å². The highest BCUT2D eigenvalue weighted by atomic mass is 35.5. The van der Waals surface area contributed by atoms with E-state index in [2.05, 4.69) is 15.1 Å².